The van der Waals surface area contributed by atoms with E-state index in [0.717, 1.165) is 24.2 Å². The van der Waals surface area contributed by atoms with Crippen LogP contribution in [0, 0.1) is 0 Å². The van der Waals surface area contributed by atoms with E-state index < -0.39 is 4.87 Å². The summed E-state index contributed by atoms with van der Waals surface area (Å²) in [5.41, 5.74) is 0.964. The van der Waals surface area contributed by atoms with Gasteiger partial charge < -0.3 is 14.4 Å². The van der Waals surface area contributed by atoms with Crippen molar-refractivity contribution in [3.63, 3.8) is 0 Å². The van der Waals surface area contributed by atoms with Crippen LogP contribution in [0.15, 0.2) is 30.3 Å². The van der Waals surface area contributed by atoms with Crippen molar-refractivity contribution >= 4 is 23.9 Å². The quantitative estimate of drug-likeness (QED) is 0.799. The van der Waals surface area contributed by atoms with Crippen molar-refractivity contribution in [3.8, 4) is 0 Å². The number of hydrogen-bond donors (Lipinski definition) is 0. The molecule has 2 atom stereocenters. The van der Waals surface area contributed by atoms with Crippen LogP contribution in [0.5, 0.6) is 0 Å². The summed E-state index contributed by atoms with van der Waals surface area (Å²) in [6, 6.07) is 9.59. The van der Waals surface area contributed by atoms with Crippen LogP contribution in [-0.4, -0.2) is 58.3 Å². The van der Waals surface area contributed by atoms with Crippen molar-refractivity contribution in [1.82, 2.24) is 9.80 Å². The third-order valence-corrected chi connectivity index (χ3v) is 6.51. The molecule has 1 aromatic rings. The maximum absolute atomic E-state index is 12.7. The van der Waals surface area contributed by atoms with Crippen LogP contribution in [0.4, 0.5) is 9.59 Å². The number of ether oxygens (including phenoxy) is 2. The third kappa shape index (κ3) is 3.77. The number of thioether (sulfide) groups is 1. The van der Waals surface area contributed by atoms with Gasteiger partial charge in [-0.15, -0.1) is 11.8 Å². The summed E-state index contributed by atoms with van der Waals surface area (Å²) in [7, 11) is 0. The van der Waals surface area contributed by atoms with Crippen molar-refractivity contribution in [2.75, 3.05) is 25.4 Å². The Kier molecular flexibility index (Phi) is 5.96. The normalized spacial score (nSPS) is 25.4. The van der Waals surface area contributed by atoms with Gasteiger partial charge in [-0.05, 0) is 32.3 Å². The van der Waals surface area contributed by atoms with Crippen molar-refractivity contribution in [2.45, 2.75) is 44.2 Å². The summed E-state index contributed by atoms with van der Waals surface area (Å²) >= 11 is 1.72. The summed E-state index contributed by atoms with van der Waals surface area (Å²) in [4.78, 5) is 28.1. The molecule has 3 rings (SSSR count). The van der Waals surface area contributed by atoms with Crippen LogP contribution in [0.2, 0.25) is 0 Å². The molecular formula is C19H26N2O4S. The highest BCUT2D eigenvalue weighted by Crippen LogP contribution is 2.44. The lowest BCUT2D eigenvalue weighted by molar-refractivity contribution is 0.0514. The summed E-state index contributed by atoms with van der Waals surface area (Å²) in [6.07, 6.45) is 1.16. The molecule has 26 heavy (non-hydrogen) atoms. The van der Waals surface area contributed by atoms with Gasteiger partial charge in [0, 0.05) is 18.8 Å². The van der Waals surface area contributed by atoms with E-state index in [1.807, 2.05) is 37.3 Å². The van der Waals surface area contributed by atoms with Gasteiger partial charge in [0.25, 0.3) is 0 Å². The van der Waals surface area contributed by atoms with Gasteiger partial charge in [0.05, 0.1) is 12.6 Å². The lowest BCUT2D eigenvalue weighted by atomic mass is 10.1. The molecule has 0 unspecified atom stereocenters. The van der Waals surface area contributed by atoms with E-state index in [1.54, 1.807) is 28.5 Å². The van der Waals surface area contributed by atoms with Gasteiger partial charge in [-0.25, -0.2) is 9.59 Å². The van der Waals surface area contributed by atoms with Gasteiger partial charge in [0.2, 0.25) is 0 Å². The van der Waals surface area contributed by atoms with Crippen LogP contribution in [0.25, 0.3) is 0 Å². The van der Waals surface area contributed by atoms with Gasteiger partial charge >= 0.3 is 12.2 Å². The van der Waals surface area contributed by atoms with E-state index in [1.165, 1.54) is 0 Å². The molecule has 0 aliphatic carbocycles. The fourth-order valence-electron chi connectivity index (χ4n) is 3.74. The number of likely N-dealkylation sites (tertiary alicyclic amines) is 1. The molecule has 2 heterocycles. The number of carbonyl (C=O) groups excluding carboxylic acids is 2. The Morgan fingerprint density at radius 2 is 1.96 bits per heavy atom. The summed E-state index contributed by atoms with van der Waals surface area (Å²) in [5.74, 6) is 0.846. The van der Waals surface area contributed by atoms with E-state index in [9.17, 15) is 9.59 Å². The summed E-state index contributed by atoms with van der Waals surface area (Å²) < 4.78 is 10.8. The first-order valence-electron chi connectivity index (χ1n) is 9.12. The first kappa shape index (κ1) is 18.9. The standard InChI is InChI=1S/C19H26N2O4S/c1-3-24-18(23)21-12-13-26-19(21,2)16-10-7-11-20(16)17(22)25-14-15-8-5-4-6-9-15/h4-6,8-9,16H,3,7,10-14H2,1-2H3/t16-,19-/m0/s1. The van der Waals surface area contributed by atoms with Crippen LogP contribution in [0.1, 0.15) is 32.3 Å². The molecule has 142 valence electrons. The molecule has 0 N–H and O–H groups in total. The zero-order valence-corrected chi connectivity index (χ0v) is 16.2. The Balaban J connectivity index is 1.68. The molecule has 0 aromatic heterocycles. The van der Waals surface area contributed by atoms with Gasteiger partial charge in [0.15, 0.2) is 0 Å². The fourth-order valence-corrected chi connectivity index (χ4v) is 5.18. The van der Waals surface area contributed by atoms with Crippen molar-refractivity contribution in [3.05, 3.63) is 35.9 Å². The molecule has 2 aliphatic heterocycles. The maximum Gasteiger partial charge on any atom is 0.410 e. The number of carbonyl (C=O) groups is 2. The average molecular weight is 378 g/mol. The Morgan fingerprint density at radius 3 is 2.69 bits per heavy atom. The fraction of sp³-hybridized carbons (Fsp3) is 0.579. The van der Waals surface area contributed by atoms with Crippen LogP contribution < -0.4 is 0 Å². The molecule has 6 nitrogen and oxygen atoms in total. The molecule has 2 amide bonds. The van der Waals surface area contributed by atoms with Crippen LogP contribution in [-0.2, 0) is 16.1 Å². The van der Waals surface area contributed by atoms with Gasteiger partial charge in [-0.1, -0.05) is 30.3 Å². The van der Waals surface area contributed by atoms with E-state index in [0.29, 0.717) is 19.7 Å². The van der Waals surface area contributed by atoms with Crippen molar-refractivity contribution in [1.29, 1.82) is 0 Å². The third-order valence-electron chi connectivity index (χ3n) is 5.04. The highest BCUT2D eigenvalue weighted by Gasteiger charge is 2.52. The van der Waals surface area contributed by atoms with Crippen molar-refractivity contribution < 1.29 is 19.1 Å². The maximum atomic E-state index is 12.7. The van der Waals surface area contributed by atoms with Crippen LogP contribution >= 0.6 is 11.8 Å². The van der Waals surface area contributed by atoms with E-state index in [2.05, 4.69) is 0 Å². The van der Waals surface area contributed by atoms with Crippen molar-refractivity contribution in [2.24, 2.45) is 0 Å². The molecule has 2 fully saturated rings. The van der Waals surface area contributed by atoms with E-state index >= 15 is 0 Å². The second-order valence-corrected chi connectivity index (χ2v) is 8.17. The number of benzene rings is 1. The van der Waals surface area contributed by atoms with E-state index in [4.69, 9.17) is 9.47 Å². The van der Waals surface area contributed by atoms with Gasteiger partial charge in [-0.3, -0.25) is 4.90 Å². The monoisotopic (exact) mass is 378 g/mol. The topological polar surface area (TPSA) is 59.1 Å². The second-order valence-electron chi connectivity index (χ2n) is 6.65. The molecule has 0 bridgehead atoms. The first-order valence-corrected chi connectivity index (χ1v) is 10.1. The van der Waals surface area contributed by atoms with Gasteiger partial charge in [-0.2, -0.15) is 0 Å². The second kappa shape index (κ2) is 8.20. The predicted molar refractivity (Wildman–Crippen MR) is 101 cm³/mol. The van der Waals surface area contributed by atoms with E-state index in [-0.39, 0.29) is 24.8 Å². The molecule has 0 radical (unpaired) electrons. The number of rotatable bonds is 4. The zero-order valence-electron chi connectivity index (χ0n) is 15.3. The molecule has 0 saturated carbocycles. The predicted octanol–water partition coefficient (Wildman–Crippen LogP) is 3.71. The summed E-state index contributed by atoms with van der Waals surface area (Å²) in [5, 5.41) is 0. The first-order chi connectivity index (χ1) is 12.6. The minimum atomic E-state index is -0.478. The smallest absolute Gasteiger partial charge is 0.410 e. The number of hydrogen-bond acceptors (Lipinski definition) is 5. The highest BCUT2D eigenvalue weighted by molar-refractivity contribution is 8.00. The zero-order chi connectivity index (χ0) is 18.6. The summed E-state index contributed by atoms with van der Waals surface area (Å²) in [6.45, 7) is 5.75. The molecule has 7 heteroatoms. The Morgan fingerprint density at radius 1 is 1.19 bits per heavy atom. The Hall–Kier alpha value is -1.89. The number of amides is 2. The highest BCUT2D eigenvalue weighted by atomic mass is 32.2. The molecule has 2 saturated heterocycles. The SMILES string of the molecule is CCOC(=O)N1CCS[C@@]1(C)[C@@H]1CCCN1C(=O)OCc1ccccc1. The van der Waals surface area contributed by atoms with Crippen LogP contribution in [0.3, 0.4) is 0 Å². The minimum Gasteiger partial charge on any atom is -0.450 e. The number of nitrogens with zero attached hydrogens (tertiary/aromatic N) is 2. The van der Waals surface area contributed by atoms with Gasteiger partial charge in [0.1, 0.15) is 11.5 Å². The molecule has 0 spiro atoms. The Labute approximate surface area is 158 Å². The molecular weight excluding hydrogens is 352 g/mol. The lowest BCUT2D eigenvalue weighted by Crippen LogP contribution is -2.57. The molecule has 1 aromatic carbocycles. The lowest BCUT2D eigenvalue weighted by Gasteiger charge is -2.41. The molecule has 2 aliphatic rings. The Bertz CT molecular complexity index is 642. The average Bonchev–Trinajstić information content (AvgIpc) is 3.28. The largest absolute Gasteiger partial charge is 0.450 e. The minimum absolute atomic E-state index is 0.0670.